The molecule has 0 spiro atoms. The molecule has 5 rings (SSSR count). The molecule has 1 fully saturated rings. The van der Waals surface area contributed by atoms with E-state index in [1.807, 2.05) is 26.2 Å². The van der Waals surface area contributed by atoms with Crippen molar-refractivity contribution >= 4 is 29.7 Å². The molecule has 0 bridgehead atoms. The Bertz CT molecular complexity index is 1420. The van der Waals surface area contributed by atoms with Gasteiger partial charge in [-0.3, -0.25) is 19.7 Å². The summed E-state index contributed by atoms with van der Waals surface area (Å²) in [6.07, 6.45) is 20.0. The molecule has 3 aromatic rings. The molecule has 0 saturated heterocycles. The molecule has 3 N–H and O–H groups in total. The average Bonchev–Trinajstić information content (AvgIpc) is 3.20. The normalized spacial score (nSPS) is 17.5. The number of aromatic nitrogens is 4. The second-order valence-corrected chi connectivity index (χ2v) is 10.7. The minimum atomic E-state index is -0.320. The first-order chi connectivity index (χ1) is 19.1. The van der Waals surface area contributed by atoms with E-state index in [0.717, 1.165) is 29.8 Å². The van der Waals surface area contributed by atoms with E-state index in [1.54, 1.807) is 12.1 Å². The molecular weight excluding hydrogens is 488 g/mol. The number of aromatic amines is 1. The van der Waals surface area contributed by atoms with Crippen LogP contribution in [0.2, 0.25) is 0 Å². The third-order valence-electron chi connectivity index (χ3n) is 8.10. The molecule has 8 heteroatoms. The summed E-state index contributed by atoms with van der Waals surface area (Å²) in [5, 5.41) is 14.8. The molecule has 0 aromatic carbocycles. The van der Waals surface area contributed by atoms with Crippen LogP contribution < -0.4 is 21.2 Å². The van der Waals surface area contributed by atoms with Crippen molar-refractivity contribution in [3.8, 4) is 0 Å². The Kier molecular flexibility index (Phi) is 8.49. The molecule has 0 radical (unpaired) electrons. The van der Waals surface area contributed by atoms with Gasteiger partial charge in [-0.2, -0.15) is 5.10 Å². The van der Waals surface area contributed by atoms with Gasteiger partial charge in [0.1, 0.15) is 5.69 Å². The fraction of sp³-hybridized carbons (Fsp3) is 0.452. The molecule has 2 amide bonds. The van der Waals surface area contributed by atoms with Gasteiger partial charge in [-0.05, 0) is 61.3 Å². The maximum Gasteiger partial charge on any atom is 0.276 e. The zero-order valence-electron chi connectivity index (χ0n) is 22.9. The van der Waals surface area contributed by atoms with Crippen LogP contribution in [0.4, 0.5) is 5.69 Å². The Balaban J connectivity index is 1.31. The van der Waals surface area contributed by atoms with Crippen molar-refractivity contribution < 1.29 is 9.59 Å². The van der Waals surface area contributed by atoms with Crippen LogP contribution in [0.15, 0.2) is 36.8 Å². The average molecular weight is 527 g/mol. The first kappa shape index (κ1) is 26.8. The summed E-state index contributed by atoms with van der Waals surface area (Å²) in [7, 11) is 0. The van der Waals surface area contributed by atoms with Gasteiger partial charge in [-0.1, -0.05) is 57.7 Å². The lowest BCUT2D eigenvalue weighted by atomic mass is 9.88. The minimum absolute atomic E-state index is 0.122. The monoisotopic (exact) mass is 526 g/mol. The maximum absolute atomic E-state index is 13.2. The van der Waals surface area contributed by atoms with Crippen molar-refractivity contribution in [1.29, 1.82) is 0 Å². The van der Waals surface area contributed by atoms with E-state index < -0.39 is 0 Å². The number of pyridine rings is 2. The van der Waals surface area contributed by atoms with Gasteiger partial charge in [0.15, 0.2) is 5.69 Å². The zero-order chi connectivity index (χ0) is 27.2. The number of nitrogens with one attached hydrogen (secondary N) is 3. The van der Waals surface area contributed by atoms with Crippen molar-refractivity contribution in [2.75, 3.05) is 5.32 Å². The van der Waals surface area contributed by atoms with Crippen LogP contribution in [0, 0.1) is 0 Å². The quantitative estimate of drug-likeness (QED) is 0.373. The van der Waals surface area contributed by atoms with Crippen LogP contribution in [-0.2, 0) is 0 Å². The lowest BCUT2D eigenvalue weighted by Gasteiger charge is -2.18. The van der Waals surface area contributed by atoms with Gasteiger partial charge in [0.25, 0.3) is 11.8 Å². The zero-order valence-corrected chi connectivity index (χ0v) is 22.9. The van der Waals surface area contributed by atoms with E-state index in [9.17, 15) is 9.59 Å². The number of hydrogen-bond donors (Lipinski definition) is 3. The van der Waals surface area contributed by atoms with Crippen molar-refractivity contribution in [1.82, 2.24) is 25.5 Å². The summed E-state index contributed by atoms with van der Waals surface area (Å²) >= 11 is 0. The predicted octanol–water partition coefficient (Wildman–Crippen LogP) is 4.56. The van der Waals surface area contributed by atoms with Crippen molar-refractivity contribution in [2.45, 2.75) is 89.5 Å². The van der Waals surface area contributed by atoms with Gasteiger partial charge in [-0.15, -0.1) is 0 Å². The van der Waals surface area contributed by atoms with E-state index in [2.05, 4.69) is 49.0 Å². The number of amides is 2. The van der Waals surface area contributed by atoms with Crippen LogP contribution in [0.3, 0.4) is 0 Å². The predicted molar refractivity (Wildman–Crippen MR) is 153 cm³/mol. The number of fused-ring (bicyclic) bond motifs is 1. The molecule has 39 heavy (non-hydrogen) atoms. The maximum atomic E-state index is 13.2. The van der Waals surface area contributed by atoms with Gasteiger partial charge in [-0.25, -0.2) is 4.98 Å². The number of anilines is 1. The molecule has 8 nitrogen and oxygen atoms in total. The number of H-pyrrole nitrogens is 1. The van der Waals surface area contributed by atoms with E-state index in [1.165, 1.54) is 55.8 Å². The number of carbonyl (C=O) groups excluding carboxylic acids is 2. The molecule has 3 heterocycles. The first-order valence-electron chi connectivity index (χ1n) is 14.3. The molecular formula is C31H38N6O2. The van der Waals surface area contributed by atoms with Crippen molar-refractivity contribution in [3.63, 3.8) is 0 Å². The van der Waals surface area contributed by atoms with Gasteiger partial charge in [0, 0.05) is 29.6 Å². The SMILES string of the molecule is CCC(CC)NC(=O)c1ccc(NC(=O)c2n[nH]c3c2=CC(c2cncc(C4CCCCCC4)c2)CC=3)cn1. The van der Waals surface area contributed by atoms with E-state index >= 15 is 0 Å². The second-order valence-electron chi connectivity index (χ2n) is 10.7. The van der Waals surface area contributed by atoms with Crippen molar-refractivity contribution in [2.24, 2.45) is 0 Å². The summed E-state index contributed by atoms with van der Waals surface area (Å²) in [4.78, 5) is 34.5. The van der Waals surface area contributed by atoms with E-state index in [-0.39, 0.29) is 23.8 Å². The number of rotatable bonds is 8. The smallest absolute Gasteiger partial charge is 0.276 e. The second kappa shape index (κ2) is 12.4. The van der Waals surface area contributed by atoms with Crippen LogP contribution in [0.1, 0.15) is 116 Å². The van der Waals surface area contributed by atoms with Crippen LogP contribution in [0.5, 0.6) is 0 Å². The molecule has 1 saturated carbocycles. The Morgan fingerprint density at radius 3 is 2.49 bits per heavy atom. The lowest BCUT2D eigenvalue weighted by Crippen LogP contribution is -2.34. The summed E-state index contributed by atoms with van der Waals surface area (Å²) in [5.41, 5.74) is 3.69. The molecule has 1 atom stereocenters. The van der Waals surface area contributed by atoms with Crippen LogP contribution in [0.25, 0.3) is 12.2 Å². The Morgan fingerprint density at radius 1 is 1.00 bits per heavy atom. The van der Waals surface area contributed by atoms with Gasteiger partial charge >= 0.3 is 0 Å². The van der Waals surface area contributed by atoms with Crippen LogP contribution in [-0.4, -0.2) is 38.0 Å². The van der Waals surface area contributed by atoms with Crippen LogP contribution >= 0.6 is 0 Å². The number of nitrogens with zero attached hydrogens (tertiary/aromatic N) is 3. The standard InChI is InChI=1S/C31H38N6O2/c1-3-24(4-2)34-30(38)28-14-12-25(19-33-28)35-31(39)29-26-16-21(11-13-27(26)36-37-29)23-15-22(17-32-18-23)20-9-7-5-6-8-10-20/h12-21,24,36H,3-11H2,1-2H3,(H,34,38)(H,35,39). The van der Waals surface area contributed by atoms with Gasteiger partial charge < -0.3 is 10.6 Å². The van der Waals surface area contributed by atoms with Gasteiger partial charge in [0.2, 0.25) is 0 Å². The number of carbonyl (C=O) groups is 2. The Labute approximate surface area is 229 Å². The highest BCUT2D eigenvalue weighted by Crippen LogP contribution is 2.33. The topological polar surface area (TPSA) is 113 Å². The van der Waals surface area contributed by atoms with E-state index in [0.29, 0.717) is 23.0 Å². The molecule has 204 valence electrons. The third kappa shape index (κ3) is 6.27. The minimum Gasteiger partial charge on any atom is -0.348 e. The Morgan fingerprint density at radius 2 is 1.77 bits per heavy atom. The first-order valence-corrected chi connectivity index (χ1v) is 14.3. The summed E-state index contributed by atoms with van der Waals surface area (Å²) in [6.45, 7) is 4.08. The summed E-state index contributed by atoms with van der Waals surface area (Å²) in [6, 6.07) is 5.75. The lowest BCUT2D eigenvalue weighted by molar-refractivity contribution is 0.0929. The highest BCUT2D eigenvalue weighted by molar-refractivity contribution is 6.03. The highest BCUT2D eigenvalue weighted by Gasteiger charge is 2.21. The highest BCUT2D eigenvalue weighted by atomic mass is 16.2. The molecule has 2 aliphatic rings. The third-order valence-corrected chi connectivity index (χ3v) is 8.10. The molecule has 0 aliphatic heterocycles. The van der Waals surface area contributed by atoms with Gasteiger partial charge in [0.05, 0.1) is 17.2 Å². The summed E-state index contributed by atoms with van der Waals surface area (Å²) in [5.74, 6) is 0.189. The molecule has 3 aromatic heterocycles. The summed E-state index contributed by atoms with van der Waals surface area (Å²) < 4.78 is 0. The van der Waals surface area contributed by atoms with Crippen molar-refractivity contribution in [3.05, 3.63) is 69.9 Å². The Hall–Kier alpha value is -3.81. The number of hydrogen-bond acceptors (Lipinski definition) is 5. The largest absolute Gasteiger partial charge is 0.348 e. The molecule has 1 unspecified atom stereocenters. The van der Waals surface area contributed by atoms with E-state index in [4.69, 9.17) is 0 Å². The fourth-order valence-corrected chi connectivity index (χ4v) is 5.67. The molecule has 2 aliphatic carbocycles. The fourth-order valence-electron chi connectivity index (χ4n) is 5.67.